The predicted molar refractivity (Wildman–Crippen MR) is 63.2 cm³/mol. The number of nitrogens with two attached hydrogens (primary N) is 1. The summed E-state index contributed by atoms with van der Waals surface area (Å²) in [6.45, 7) is 2.01. The summed E-state index contributed by atoms with van der Waals surface area (Å²) in [4.78, 5) is 4.12. The molecule has 3 N–H and O–H groups in total. The van der Waals surface area contributed by atoms with Crippen LogP contribution in [0.25, 0.3) is 11.4 Å². The number of phenols is 1. The predicted octanol–water partition coefficient (Wildman–Crippen LogP) is 2.38. The minimum absolute atomic E-state index is 0.260. The number of aromatic hydroxyl groups is 1. The first kappa shape index (κ1) is 12.5. The number of rotatable bonds is 4. The molecular formula is C12H14FN3O2. The SMILES string of the molecule is CCCC(N)c1nc(-c2ccc(O)c(F)c2)no1. The molecule has 96 valence electrons. The van der Waals surface area contributed by atoms with Gasteiger partial charge in [-0.15, -0.1) is 0 Å². The molecule has 0 radical (unpaired) electrons. The van der Waals surface area contributed by atoms with Crippen LogP contribution in [0.3, 0.4) is 0 Å². The number of hydrogen-bond donors (Lipinski definition) is 2. The lowest BCUT2D eigenvalue weighted by Crippen LogP contribution is -2.09. The number of nitrogens with zero attached hydrogens (tertiary/aromatic N) is 2. The van der Waals surface area contributed by atoms with Gasteiger partial charge in [0.2, 0.25) is 11.7 Å². The number of benzene rings is 1. The Morgan fingerprint density at radius 1 is 1.50 bits per heavy atom. The molecule has 2 aromatic rings. The van der Waals surface area contributed by atoms with Crippen molar-refractivity contribution in [3.8, 4) is 17.1 Å². The average Bonchev–Trinajstić information content (AvgIpc) is 2.82. The first-order valence-corrected chi connectivity index (χ1v) is 5.70. The zero-order valence-corrected chi connectivity index (χ0v) is 9.93. The van der Waals surface area contributed by atoms with E-state index in [-0.39, 0.29) is 11.9 Å². The van der Waals surface area contributed by atoms with E-state index in [2.05, 4.69) is 10.1 Å². The smallest absolute Gasteiger partial charge is 0.243 e. The van der Waals surface area contributed by atoms with Crippen molar-refractivity contribution >= 4 is 0 Å². The molecule has 0 aliphatic rings. The normalized spacial score (nSPS) is 12.6. The number of halogens is 1. The van der Waals surface area contributed by atoms with Crippen molar-refractivity contribution in [2.45, 2.75) is 25.8 Å². The van der Waals surface area contributed by atoms with Crippen LogP contribution in [0.1, 0.15) is 31.7 Å². The summed E-state index contributed by atoms with van der Waals surface area (Å²) in [6, 6.07) is 3.60. The van der Waals surface area contributed by atoms with Crippen LogP contribution in [0.2, 0.25) is 0 Å². The second-order valence-electron chi connectivity index (χ2n) is 4.02. The third-order valence-electron chi connectivity index (χ3n) is 2.56. The van der Waals surface area contributed by atoms with Gasteiger partial charge in [0.05, 0.1) is 6.04 Å². The fourth-order valence-electron chi connectivity index (χ4n) is 1.58. The molecule has 0 bridgehead atoms. The lowest BCUT2D eigenvalue weighted by Gasteiger charge is -2.02. The molecule has 0 amide bonds. The first-order valence-electron chi connectivity index (χ1n) is 5.70. The van der Waals surface area contributed by atoms with Gasteiger partial charge in [0, 0.05) is 5.56 Å². The van der Waals surface area contributed by atoms with Crippen molar-refractivity contribution < 1.29 is 14.0 Å². The van der Waals surface area contributed by atoms with Gasteiger partial charge in [-0.05, 0) is 24.6 Å². The highest BCUT2D eigenvalue weighted by Crippen LogP contribution is 2.24. The molecular weight excluding hydrogens is 237 g/mol. The van der Waals surface area contributed by atoms with Crippen LogP contribution < -0.4 is 5.73 Å². The van der Waals surface area contributed by atoms with E-state index in [9.17, 15) is 4.39 Å². The molecule has 1 heterocycles. The standard InChI is InChI=1S/C12H14FN3O2/c1-2-3-9(14)12-15-11(16-18-12)7-4-5-10(17)8(13)6-7/h4-6,9,17H,2-3,14H2,1H3. The maximum atomic E-state index is 13.2. The molecule has 5 nitrogen and oxygen atoms in total. The van der Waals surface area contributed by atoms with Crippen molar-refractivity contribution in [3.63, 3.8) is 0 Å². The van der Waals surface area contributed by atoms with E-state index >= 15 is 0 Å². The largest absolute Gasteiger partial charge is 0.505 e. The van der Waals surface area contributed by atoms with Crippen molar-refractivity contribution in [3.05, 3.63) is 29.9 Å². The van der Waals surface area contributed by atoms with Crippen LogP contribution in [0.5, 0.6) is 5.75 Å². The minimum Gasteiger partial charge on any atom is -0.505 e. The summed E-state index contributed by atoms with van der Waals surface area (Å²) in [7, 11) is 0. The van der Waals surface area contributed by atoms with Crippen LogP contribution in [0.15, 0.2) is 22.7 Å². The Balaban J connectivity index is 2.26. The summed E-state index contributed by atoms with van der Waals surface area (Å²) in [5, 5.41) is 12.8. The highest BCUT2D eigenvalue weighted by molar-refractivity contribution is 5.55. The summed E-state index contributed by atoms with van der Waals surface area (Å²) < 4.78 is 18.2. The molecule has 0 spiro atoms. The molecule has 6 heteroatoms. The molecule has 1 aromatic heterocycles. The van der Waals surface area contributed by atoms with Crippen LogP contribution in [-0.4, -0.2) is 15.2 Å². The van der Waals surface area contributed by atoms with Crippen LogP contribution >= 0.6 is 0 Å². The highest BCUT2D eigenvalue weighted by atomic mass is 19.1. The Labute approximate surface area is 103 Å². The third kappa shape index (κ3) is 2.48. The molecule has 1 atom stereocenters. The third-order valence-corrected chi connectivity index (χ3v) is 2.56. The number of aromatic nitrogens is 2. The molecule has 0 saturated heterocycles. The molecule has 0 aliphatic heterocycles. The maximum Gasteiger partial charge on any atom is 0.243 e. The van der Waals surface area contributed by atoms with Gasteiger partial charge in [-0.1, -0.05) is 18.5 Å². The van der Waals surface area contributed by atoms with Crippen molar-refractivity contribution in [1.82, 2.24) is 10.1 Å². The molecule has 1 unspecified atom stereocenters. The highest BCUT2D eigenvalue weighted by Gasteiger charge is 2.15. The first-order chi connectivity index (χ1) is 8.61. The average molecular weight is 251 g/mol. The fraction of sp³-hybridized carbons (Fsp3) is 0.333. The Morgan fingerprint density at radius 3 is 2.94 bits per heavy atom. The van der Waals surface area contributed by atoms with Gasteiger partial charge in [0.15, 0.2) is 11.6 Å². The van der Waals surface area contributed by atoms with Gasteiger partial charge in [-0.3, -0.25) is 0 Å². The summed E-state index contributed by atoms with van der Waals surface area (Å²) in [5.74, 6) is -0.544. The van der Waals surface area contributed by atoms with Crippen molar-refractivity contribution in [2.75, 3.05) is 0 Å². The van der Waals surface area contributed by atoms with Crippen molar-refractivity contribution in [2.24, 2.45) is 5.73 Å². The van der Waals surface area contributed by atoms with Crippen LogP contribution in [-0.2, 0) is 0 Å². The molecule has 0 fully saturated rings. The van der Waals surface area contributed by atoms with Crippen LogP contribution in [0.4, 0.5) is 4.39 Å². The topological polar surface area (TPSA) is 85.2 Å². The zero-order chi connectivity index (χ0) is 13.1. The van der Waals surface area contributed by atoms with E-state index in [1.165, 1.54) is 12.1 Å². The van der Waals surface area contributed by atoms with Gasteiger partial charge in [0.25, 0.3) is 0 Å². The van der Waals surface area contributed by atoms with Gasteiger partial charge in [0.1, 0.15) is 0 Å². The summed E-state index contributed by atoms with van der Waals surface area (Å²) in [6.07, 6.45) is 1.65. The van der Waals surface area contributed by atoms with Gasteiger partial charge in [-0.2, -0.15) is 4.98 Å². The Morgan fingerprint density at radius 2 is 2.28 bits per heavy atom. The zero-order valence-electron chi connectivity index (χ0n) is 9.93. The van der Waals surface area contributed by atoms with E-state index in [4.69, 9.17) is 15.4 Å². The van der Waals surface area contributed by atoms with Gasteiger partial charge < -0.3 is 15.4 Å². The molecule has 2 rings (SSSR count). The number of hydrogen-bond acceptors (Lipinski definition) is 5. The molecule has 0 saturated carbocycles. The second kappa shape index (κ2) is 5.14. The Bertz CT molecular complexity index is 542. The van der Waals surface area contributed by atoms with Crippen molar-refractivity contribution in [1.29, 1.82) is 0 Å². The molecule has 18 heavy (non-hydrogen) atoms. The van der Waals surface area contributed by atoms with E-state index in [1.807, 2.05) is 6.92 Å². The molecule has 1 aromatic carbocycles. The minimum atomic E-state index is -0.725. The van der Waals surface area contributed by atoms with Gasteiger partial charge in [-0.25, -0.2) is 4.39 Å². The quantitative estimate of drug-likeness (QED) is 0.871. The maximum absolute atomic E-state index is 13.2. The van der Waals surface area contributed by atoms with Gasteiger partial charge >= 0.3 is 0 Å². The summed E-state index contributed by atoms with van der Waals surface area (Å²) >= 11 is 0. The van der Waals surface area contributed by atoms with E-state index in [1.54, 1.807) is 0 Å². The van der Waals surface area contributed by atoms with E-state index in [0.29, 0.717) is 11.5 Å². The number of phenolic OH excluding ortho intramolecular Hbond substituents is 1. The molecule has 0 aliphatic carbocycles. The van der Waals surface area contributed by atoms with E-state index in [0.717, 1.165) is 18.9 Å². The second-order valence-corrected chi connectivity index (χ2v) is 4.02. The Hall–Kier alpha value is -1.95. The lowest BCUT2D eigenvalue weighted by molar-refractivity contribution is 0.348. The van der Waals surface area contributed by atoms with E-state index < -0.39 is 11.6 Å². The lowest BCUT2D eigenvalue weighted by atomic mass is 10.2. The Kier molecular flexibility index (Phi) is 3.57. The van der Waals surface area contributed by atoms with Crippen LogP contribution in [0, 0.1) is 5.82 Å². The fourth-order valence-corrected chi connectivity index (χ4v) is 1.58. The summed E-state index contributed by atoms with van der Waals surface area (Å²) in [5.41, 5.74) is 6.27. The monoisotopic (exact) mass is 251 g/mol.